The predicted octanol–water partition coefficient (Wildman–Crippen LogP) is 1.33. The first-order valence-electron chi connectivity index (χ1n) is 4.51. The molecule has 0 bridgehead atoms. The monoisotopic (exact) mass is 300 g/mol. The minimum atomic E-state index is -1.10. The van der Waals surface area contributed by atoms with Crippen molar-refractivity contribution in [2.24, 2.45) is 0 Å². The fraction of sp³-hybridized carbons (Fsp3) is 0.111. The van der Waals surface area contributed by atoms with Gasteiger partial charge in [-0.1, -0.05) is 15.9 Å². The lowest BCUT2D eigenvalue weighted by Gasteiger charge is -2.03. The number of tetrazole rings is 1. The molecule has 6 nitrogen and oxygen atoms in total. The first kappa shape index (κ1) is 11.6. The minimum absolute atomic E-state index is 0.0809. The number of aliphatic carboxylic acids is 1. The van der Waals surface area contributed by atoms with Crippen molar-refractivity contribution in [3.05, 3.63) is 28.5 Å². The van der Waals surface area contributed by atoms with E-state index in [0.29, 0.717) is 4.47 Å². The maximum atomic E-state index is 13.6. The van der Waals surface area contributed by atoms with Crippen LogP contribution in [0.15, 0.2) is 22.7 Å². The van der Waals surface area contributed by atoms with Gasteiger partial charge in [-0.25, -0.2) is 9.07 Å². The summed E-state index contributed by atoms with van der Waals surface area (Å²) in [7, 11) is 0. The lowest BCUT2D eigenvalue weighted by Crippen LogP contribution is -2.12. The van der Waals surface area contributed by atoms with Crippen molar-refractivity contribution in [1.82, 2.24) is 20.2 Å². The summed E-state index contributed by atoms with van der Waals surface area (Å²) in [5.74, 6) is -1.55. The average molecular weight is 301 g/mol. The van der Waals surface area contributed by atoms with Crippen molar-refractivity contribution in [2.75, 3.05) is 0 Å². The van der Waals surface area contributed by atoms with E-state index >= 15 is 0 Å². The molecule has 0 aliphatic rings. The van der Waals surface area contributed by atoms with Crippen LogP contribution >= 0.6 is 15.9 Å². The number of carbonyl (C=O) groups is 1. The van der Waals surface area contributed by atoms with Crippen LogP contribution in [0.4, 0.5) is 4.39 Å². The van der Waals surface area contributed by atoms with Crippen LogP contribution in [-0.2, 0) is 11.3 Å². The summed E-state index contributed by atoms with van der Waals surface area (Å²) in [4.78, 5) is 10.6. The van der Waals surface area contributed by atoms with E-state index in [4.69, 9.17) is 5.11 Å². The number of benzene rings is 1. The van der Waals surface area contributed by atoms with Gasteiger partial charge in [-0.05, 0) is 28.6 Å². The molecule has 0 atom stereocenters. The smallest absolute Gasteiger partial charge is 0.325 e. The molecule has 0 saturated carbocycles. The molecule has 0 amide bonds. The van der Waals surface area contributed by atoms with Gasteiger partial charge in [-0.3, -0.25) is 4.79 Å². The van der Waals surface area contributed by atoms with Gasteiger partial charge in [0.15, 0.2) is 5.82 Å². The van der Waals surface area contributed by atoms with E-state index < -0.39 is 18.3 Å². The summed E-state index contributed by atoms with van der Waals surface area (Å²) >= 11 is 3.13. The summed E-state index contributed by atoms with van der Waals surface area (Å²) in [6.45, 7) is -0.419. The Bertz CT molecular complexity index is 572. The number of hydrogen-bond donors (Lipinski definition) is 1. The van der Waals surface area contributed by atoms with Crippen LogP contribution in [0, 0.1) is 5.82 Å². The van der Waals surface area contributed by atoms with E-state index in [9.17, 15) is 9.18 Å². The molecule has 8 heteroatoms. The Morgan fingerprint density at radius 2 is 2.29 bits per heavy atom. The van der Waals surface area contributed by atoms with Crippen LogP contribution in [0.2, 0.25) is 0 Å². The third-order valence-electron chi connectivity index (χ3n) is 1.99. The van der Waals surface area contributed by atoms with Crippen molar-refractivity contribution in [3.8, 4) is 11.4 Å². The van der Waals surface area contributed by atoms with E-state index in [1.807, 2.05) is 0 Å². The van der Waals surface area contributed by atoms with Gasteiger partial charge in [0.05, 0.1) is 5.56 Å². The van der Waals surface area contributed by atoms with Crippen LogP contribution in [0.1, 0.15) is 0 Å². The number of nitrogens with zero attached hydrogens (tertiary/aromatic N) is 4. The Kier molecular flexibility index (Phi) is 3.14. The zero-order valence-electron chi connectivity index (χ0n) is 8.34. The molecular formula is C9H6BrFN4O2. The highest BCUT2D eigenvalue weighted by Gasteiger charge is 2.15. The fourth-order valence-corrected chi connectivity index (χ4v) is 1.64. The fourth-order valence-electron chi connectivity index (χ4n) is 1.30. The van der Waals surface area contributed by atoms with E-state index in [2.05, 4.69) is 31.5 Å². The summed E-state index contributed by atoms with van der Waals surface area (Å²) < 4.78 is 15.2. The maximum absolute atomic E-state index is 13.6. The quantitative estimate of drug-likeness (QED) is 0.925. The topological polar surface area (TPSA) is 80.9 Å². The molecule has 0 unspecified atom stereocenters. The Morgan fingerprint density at radius 3 is 2.94 bits per heavy atom. The zero-order valence-corrected chi connectivity index (χ0v) is 9.93. The Labute approximate surface area is 103 Å². The predicted molar refractivity (Wildman–Crippen MR) is 58.5 cm³/mol. The molecule has 1 N–H and O–H groups in total. The van der Waals surface area contributed by atoms with E-state index in [1.165, 1.54) is 12.1 Å². The van der Waals surface area contributed by atoms with Gasteiger partial charge in [-0.15, -0.1) is 5.10 Å². The molecule has 0 aliphatic heterocycles. The van der Waals surface area contributed by atoms with Gasteiger partial charge < -0.3 is 5.11 Å². The second-order valence-corrected chi connectivity index (χ2v) is 4.09. The molecule has 0 spiro atoms. The van der Waals surface area contributed by atoms with Gasteiger partial charge in [-0.2, -0.15) is 0 Å². The van der Waals surface area contributed by atoms with Gasteiger partial charge in [0.25, 0.3) is 0 Å². The van der Waals surface area contributed by atoms with Crippen molar-refractivity contribution in [2.45, 2.75) is 6.54 Å². The third kappa shape index (κ3) is 2.47. The van der Waals surface area contributed by atoms with Crippen LogP contribution in [-0.4, -0.2) is 31.3 Å². The summed E-state index contributed by atoms with van der Waals surface area (Å²) in [6, 6.07) is 4.36. The average Bonchev–Trinajstić information content (AvgIpc) is 2.65. The Morgan fingerprint density at radius 1 is 1.53 bits per heavy atom. The van der Waals surface area contributed by atoms with Gasteiger partial charge >= 0.3 is 5.97 Å². The summed E-state index contributed by atoms with van der Waals surface area (Å²) in [6.07, 6.45) is 0. The second-order valence-electron chi connectivity index (χ2n) is 3.18. The molecular weight excluding hydrogens is 295 g/mol. The Hall–Kier alpha value is -1.83. The summed E-state index contributed by atoms with van der Waals surface area (Å²) in [5.41, 5.74) is 0.152. The molecule has 0 aliphatic carbocycles. The SMILES string of the molecule is O=C(O)Cn1nnnc1-c1ccc(Br)cc1F. The number of rotatable bonds is 3. The molecule has 88 valence electrons. The van der Waals surface area contributed by atoms with E-state index in [1.54, 1.807) is 6.07 Å². The maximum Gasteiger partial charge on any atom is 0.325 e. The minimum Gasteiger partial charge on any atom is -0.480 e. The molecule has 2 rings (SSSR count). The van der Waals surface area contributed by atoms with Crippen LogP contribution < -0.4 is 0 Å². The number of hydrogen-bond acceptors (Lipinski definition) is 4. The number of carboxylic acid groups (broad SMARTS) is 1. The number of aromatic nitrogens is 4. The first-order valence-corrected chi connectivity index (χ1v) is 5.30. The summed E-state index contributed by atoms with van der Waals surface area (Å²) in [5, 5.41) is 19.1. The van der Waals surface area contributed by atoms with E-state index in [0.717, 1.165) is 4.68 Å². The molecule has 1 aromatic carbocycles. The standard InChI is InChI=1S/C9H6BrFN4O2/c10-5-1-2-6(7(11)3-5)9-12-13-14-15(9)4-8(16)17/h1-3H,4H2,(H,16,17). The highest BCUT2D eigenvalue weighted by molar-refractivity contribution is 9.10. The van der Waals surface area contributed by atoms with Crippen molar-refractivity contribution >= 4 is 21.9 Å². The first-order chi connectivity index (χ1) is 8.08. The Balaban J connectivity index is 2.46. The van der Waals surface area contributed by atoms with Crippen molar-refractivity contribution in [3.63, 3.8) is 0 Å². The van der Waals surface area contributed by atoms with Crippen LogP contribution in [0.5, 0.6) is 0 Å². The lowest BCUT2D eigenvalue weighted by atomic mass is 10.2. The van der Waals surface area contributed by atoms with E-state index in [-0.39, 0.29) is 11.4 Å². The molecule has 1 aromatic heterocycles. The van der Waals surface area contributed by atoms with Crippen molar-refractivity contribution < 1.29 is 14.3 Å². The highest BCUT2D eigenvalue weighted by atomic mass is 79.9. The zero-order chi connectivity index (χ0) is 12.4. The largest absolute Gasteiger partial charge is 0.480 e. The molecule has 0 radical (unpaired) electrons. The van der Waals surface area contributed by atoms with Gasteiger partial charge in [0.1, 0.15) is 12.4 Å². The second kappa shape index (κ2) is 4.58. The highest BCUT2D eigenvalue weighted by Crippen LogP contribution is 2.23. The number of carboxylic acids is 1. The molecule has 0 fully saturated rings. The van der Waals surface area contributed by atoms with Gasteiger partial charge in [0, 0.05) is 4.47 Å². The third-order valence-corrected chi connectivity index (χ3v) is 2.48. The molecule has 1 heterocycles. The lowest BCUT2D eigenvalue weighted by molar-refractivity contribution is -0.137. The molecule has 17 heavy (non-hydrogen) atoms. The van der Waals surface area contributed by atoms with Crippen LogP contribution in [0.3, 0.4) is 0 Å². The van der Waals surface area contributed by atoms with Crippen LogP contribution in [0.25, 0.3) is 11.4 Å². The normalized spacial score (nSPS) is 10.5. The van der Waals surface area contributed by atoms with Crippen molar-refractivity contribution in [1.29, 1.82) is 0 Å². The number of halogens is 2. The molecule has 0 saturated heterocycles. The molecule has 2 aromatic rings. The van der Waals surface area contributed by atoms with Gasteiger partial charge in [0.2, 0.25) is 0 Å².